The van der Waals surface area contributed by atoms with Gasteiger partial charge >= 0.3 is 6.69 Å². The van der Waals surface area contributed by atoms with Gasteiger partial charge in [-0.25, -0.2) is 12.5 Å². The molecule has 1 radical (unpaired) electrons. The maximum Gasteiger partial charge on any atom is 0.351 e. The first-order valence-corrected chi connectivity index (χ1v) is 5.37. The van der Waals surface area contributed by atoms with Crippen molar-refractivity contribution in [1.29, 1.82) is 0 Å². The molecule has 2 aromatic rings. The van der Waals surface area contributed by atoms with Gasteiger partial charge in [0.15, 0.2) is 0 Å². The number of fused-ring (bicyclic) bond motifs is 1. The molecule has 0 unspecified atom stereocenters. The average Bonchev–Trinajstić information content (AvgIpc) is 2.70. The predicted molar refractivity (Wildman–Crippen MR) is 65.7 cm³/mol. The van der Waals surface area contributed by atoms with Gasteiger partial charge in [0.25, 0.3) is 5.91 Å². The Labute approximate surface area is 98.8 Å². The van der Waals surface area contributed by atoms with Crippen molar-refractivity contribution in [3.05, 3.63) is 24.0 Å². The minimum atomic E-state index is -0.138. The van der Waals surface area contributed by atoms with E-state index in [1.165, 1.54) is 12.9 Å². The van der Waals surface area contributed by atoms with Crippen molar-refractivity contribution < 1.29 is 4.79 Å². The lowest BCUT2D eigenvalue weighted by molar-refractivity contribution is 0.0955. The van der Waals surface area contributed by atoms with Gasteiger partial charge in [0.05, 0.1) is 5.56 Å². The van der Waals surface area contributed by atoms with Gasteiger partial charge in [0.2, 0.25) is 0 Å². The smallest absolute Gasteiger partial charge is 0.351 e. The summed E-state index contributed by atoms with van der Waals surface area (Å²) in [4.78, 5) is 15.7. The largest absolute Gasteiger partial charge is 0.352 e. The number of nitrogens with zero attached hydrogens (tertiary/aromatic N) is 3. The number of carbonyl (C=O) groups is 1. The number of hydrogen-bond acceptors (Lipinski definition) is 4. The van der Waals surface area contributed by atoms with E-state index in [9.17, 15) is 4.79 Å². The summed E-state index contributed by atoms with van der Waals surface area (Å²) in [6.07, 6.45) is 3.28. The molecular formula is C9H10BN4OS. The second-order valence-corrected chi connectivity index (χ2v) is 3.44. The third-order valence-electron chi connectivity index (χ3n) is 2.09. The Hall–Kier alpha value is -1.50. The molecule has 0 aromatic carbocycles. The first-order valence-electron chi connectivity index (χ1n) is 4.85. The Morgan fingerprint density at radius 3 is 3.12 bits per heavy atom. The second-order valence-electron chi connectivity index (χ2n) is 3.21. The van der Waals surface area contributed by atoms with E-state index in [0.29, 0.717) is 17.6 Å². The van der Waals surface area contributed by atoms with E-state index in [-0.39, 0.29) is 5.91 Å². The molecule has 1 amide bonds. The van der Waals surface area contributed by atoms with E-state index >= 15 is 0 Å². The molecule has 2 heterocycles. The van der Waals surface area contributed by atoms with E-state index in [0.717, 1.165) is 5.52 Å². The Bertz CT molecular complexity index is 527. The third kappa shape index (κ3) is 2.04. The summed E-state index contributed by atoms with van der Waals surface area (Å²) in [5.74, 6) is -0.138. The number of nitrogens with one attached hydrogen (secondary N) is 1. The van der Waals surface area contributed by atoms with Gasteiger partial charge in [0.1, 0.15) is 11.0 Å². The number of amides is 1. The van der Waals surface area contributed by atoms with Crippen LogP contribution in [-0.4, -0.2) is 33.8 Å². The minimum Gasteiger partial charge on any atom is -0.352 e. The first kappa shape index (κ1) is 11.0. The van der Waals surface area contributed by atoms with Crippen LogP contribution in [0.1, 0.15) is 17.3 Å². The van der Waals surface area contributed by atoms with Gasteiger partial charge in [-0.3, -0.25) is 9.78 Å². The van der Waals surface area contributed by atoms with Crippen LogP contribution in [0.4, 0.5) is 0 Å². The molecule has 0 aliphatic carbocycles. The molecule has 0 aliphatic heterocycles. The highest BCUT2D eigenvalue weighted by Gasteiger charge is 2.08. The van der Waals surface area contributed by atoms with Crippen LogP contribution in [-0.2, 0) is 0 Å². The number of pyridine rings is 1. The van der Waals surface area contributed by atoms with Crippen LogP contribution in [0, 0.1) is 0 Å². The standard InChI is InChI=1S/C9H10BN4OS/c1-2-11-9(15)6-3-7-8(12-4-6)5-14(10-16)13-7/h3-5,16H,2H2,1H3,(H,11,15). The fraction of sp³-hybridized carbons (Fsp3) is 0.222. The lowest BCUT2D eigenvalue weighted by Crippen LogP contribution is -2.22. The summed E-state index contributed by atoms with van der Waals surface area (Å²) in [6.45, 7) is 3.98. The van der Waals surface area contributed by atoms with Crippen molar-refractivity contribution in [3.8, 4) is 0 Å². The zero-order valence-electron chi connectivity index (χ0n) is 8.71. The maximum atomic E-state index is 11.6. The number of aromatic nitrogens is 3. The zero-order chi connectivity index (χ0) is 11.5. The molecule has 2 aromatic heterocycles. The molecular weight excluding hydrogens is 223 g/mol. The first-order chi connectivity index (χ1) is 7.74. The normalized spacial score (nSPS) is 10.4. The van der Waals surface area contributed by atoms with Crippen LogP contribution < -0.4 is 5.32 Å². The monoisotopic (exact) mass is 233 g/mol. The van der Waals surface area contributed by atoms with Crippen LogP contribution in [0.5, 0.6) is 0 Å². The molecule has 81 valence electrons. The van der Waals surface area contributed by atoms with Gasteiger partial charge in [-0.2, -0.15) is 5.10 Å². The summed E-state index contributed by atoms with van der Waals surface area (Å²) in [5, 5.41) is 6.89. The Morgan fingerprint density at radius 2 is 2.44 bits per heavy atom. The summed E-state index contributed by atoms with van der Waals surface area (Å²) >= 11 is 3.99. The van der Waals surface area contributed by atoms with E-state index in [2.05, 4.69) is 27.9 Å². The predicted octanol–water partition coefficient (Wildman–Crippen LogP) is 0.493. The molecule has 0 fully saturated rings. The Kier molecular flexibility index (Phi) is 3.14. The van der Waals surface area contributed by atoms with Gasteiger partial charge in [0, 0.05) is 18.9 Å². The van der Waals surface area contributed by atoms with Crippen molar-refractivity contribution >= 4 is 36.1 Å². The molecule has 0 saturated heterocycles. The summed E-state index contributed by atoms with van der Waals surface area (Å²) in [5.41, 5.74) is 1.92. The molecule has 0 saturated carbocycles. The molecule has 5 nitrogen and oxygen atoms in total. The fourth-order valence-electron chi connectivity index (χ4n) is 1.37. The SMILES string of the molecule is CCNC(=O)c1cnc2cn([B]S)nc2c1. The Morgan fingerprint density at radius 1 is 1.62 bits per heavy atom. The quantitative estimate of drug-likeness (QED) is 0.599. The molecule has 0 bridgehead atoms. The summed E-state index contributed by atoms with van der Waals surface area (Å²) < 4.78 is 1.54. The molecule has 0 atom stereocenters. The lowest BCUT2D eigenvalue weighted by Gasteiger charge is -2.00. The van der Waals surface area contributed by atoms with Gasteiger partial charge in [-0.05, 0) is 13.0 Å². The van der Waals surface area contributed by atoms with Crippen LogP contribution >= 0.6 is 12.5 Å². The van der Waals surface area contributed by atoms with Crippen molar-refractivity contribution in [1.82, 2.24) is 20.0 Å². The molecule has 2 rings (SSSR count). The number of thiol groups is 1. The minimum absolute atomic E-state index is 0.138. The average molecular weight is 233 g/mol. The van der Waals surface area contributed by atoms with E-state index in [1.54, 1.807) is 16.9 Å². The summed E-state index contributed by atoms with van der Waals surface area (Å²) in [7, 11) is 0. The van der Waals surface area contributed by atoms with Gasteiger partial charge in [-0.1, -0.05) is 0 Å². The summed E-state index contributed by atoms with van der Waals surface area (Å²) in [6, 6.07) is 1.71. The van der Waals surface area contributed by atoms with Crippen molar-refractivity contribution in [2.24, 2.45) is 0 Å². The molecule has 7 heteroatoms. The van der Waals surface area contributed by atoms with Crippen molar-refractivity contribution in [3.63, 3.8) is 0 Å². The number of carbonyl (C=O) groups excluding carboxylic acids is 1. The molecule has 0 spiro atoms. The molecule has 16 heavy (non-hydrogen) atoms. The Balaban J connectivity index is 2.39. The van der Waals surface area contributed by atoms with Crippen LogP contribution in [0.3, 0.4) is 0 Å². The molecule has 1 N–H and O–H groups in total. The fourth-order valence-corrected chi connectivity index (χ4v) is 1.49. The van der Waals surface area contributed by atoms with Crippen molar-refractivity contribution in [2.45, 2.75) is 6.92 Å². The van der Waals surface area contributed by atoms with E-state index in [4.69, 9.17) is 0 Å². The highest BCUT2D eigenvalue weighted by molar-refractivity contribution is 8.06. The molecule has 0 aliphatic rings. The van der Waals surface area contributed by atoms with Crippen LogP contribution in [0.15, 0.2) is 18.5 Å². The lowest BCUT2D eigenvalue weighted by atomic mass is 10.2. The zero-order valence-corrected chi connectivity index (χ0v) is 9.61. The van der Waals surface area contributed by atoms with E-state index < -0.39 is 0 Å². The van der Waals surface area contributed by atoms with Gasteiger partial charge in [-0.15, -0.1) is 0 Å². The van der Waals surface area contributed by atoms with Crippen molar-refractivity contribution in [2.75, 3.05) is 6.54 Å². The highest BCUT2D eigenvalue weighted by atomic mass is 32.1. The van der Waals surface area contributed by atoms with Crippen LogP contribution in [0.2, 0.25) is 0 Å². The van der Waals surface area contributed by atoms with Gasteiger partial charge < -0.3 is 9.91 Å². The number of rotatable bonds is 3. The number of hydrogen-bond donors (Lipinski definition) is 2. The van der Waals surface area contributed by atoms with E-state index in [1.807, 2.05) is 6.92 Å². The highest BCUT2D eigenvalue weighted by Crippen LogP contribution is 2.10. The second kappa shape index (κ2) is 4.57. The topological polar surface area (TPSA) is 59.8 Å². The maximum absolute atomic E-state index is 11.6. The third-order valence-corrected chi connectivity index (χ3v) is 2.33. The van der Waals surface area contributed by atoms with Crippen LogP contribution in [0.25, 0.3) is 11.0 Å².